The van der Waals surface area contributed by atoms with E-state index in [1.807, 2.05) is 6.07 Å². The van der Waals surface area contributed by atoms with Gasteiger partial charge in [-0.3, -0.25) is 14.5 Å². The van der Waals surface area contributed by atoms with Crippen LogP contribution in [0.25, 0.3) is 0 Å². The molecule has 1 heterocycles. The molecule has 0 spiro atoms. The summed E-state index contributed by atoms with van der Waals surface area (Å²) in [6, 6.07) is 14.4. The molecule has 144 valence electrons. The molecule has 1 N–H and O–H groups in total. The summed E-state index contributed by atoms with van der Waals surface area (Å²) in [5.74, 6) is -0.882. The molecular weight excluding hydrogens is 381 g/mol. The standard InChI is InChI=1S/C20H18FN3O3S/c1-24(14-15-5-4-12-22-13-15)20(25)18-6-2-3-7-19(18)23-28(26,27)17-10-8-16(21)9-11-17/h2-13,23H,14H2,1H3. The molecule has 3 aromatic rings. The minimum Gasteiger partial charge on any atom is -0.337 e. The van der Waals surface area contributed by atoms with Crippen LogP contribution in [0.5, 0.6) is 0 Å². The molecule has 6 nitrogen and oxygen atoms in total. The van der Waals surface area contributed by atoms with E-state index in [0.717, 1.165) is 29.8 Å². The van der Waals surface area contributed by atoms with Crippen LogP contribution in [0.2, 0.25) is 0 Å². The normalized spacial score (nSPS) is 11.1. The van der Waals surface area contributed by atoms with Crippen molar-refractivity contribution >= 4 is 21.6 Å². The first-order chi connectivity index (χ1) is 13.4. The quantitative estimate of drug-likeness (QED) is 0.690. The maximum atomic E-state index is 13.1. The Kier molecular flexibility index (Phi) is 5.70. The lowest BCUT2D eigenvalue weighted by molar-refractivity contribution is 0.0786. The Bertz CT molecular complexity index is 1070. The van der Waals surface area contributed by atoms with Gasteiger partial charge in [0.05, 0.1) is 16.1 Å². The lowest BCUT2D eigenvalue weighted by Crippen LogP contribution is -2.27. The summed E-state index contributed by atoms with van der Waals surface area (Å²) in [5, 5.41) is 0. The topological polar surface area (TPSA) is 79.4 Å². The van der Waals surface area contributed by atoms with Crippen molar-refractivity contribution < 1.29 is 17.6 Å². The fraction of sp³-hybridized carbons (Fsp3) is 0.100. The van der Waals surface area contributed by atoms with Crippen molar-refractivity contribution in [3.63, 3.8) is 0 Å². The highest BCUT2D eigenvalue weighted by Gasteiger charge is 2.20. The second kappa shape index (κ2) is 8.18. The maximum Gasteiger partial charge on any atom is 0.261 e. The van der Waals surface area contributed by atoms with Gasteiger partial charge < -0.3 is 4.90 Å². The van der Waals surface area contributed by atoms with Gasteiger partial charge in [-0.05, 0) is 48.0 Å². The number of hydrogen-bond donors (Lipinski definition) is 1. The number of halogens is 1. The van der Waals surface area contributed by atoms with Crippen LogP contribution < -0.4 is 4.72 Å². The third-order valence-electron chi connectivity index (χ3n) is 4.01. The molecule has 2 aromatic carbocycles. The molecule has 0 atom stereocenters. The summed E-state index contributed by atoms with van der Waals surface area (Å²) in [4.78, 5) is 18.3. The molecule has 3 rings (SSSR count). The zero-order valence-electron chi connectivity index (χ0n) is 15.0. The van der Waals surface area contributed by atoms with Gasteiger partial charge in [0.1, 0.15) is 5.82 Å². The summed E-state index contributed by atoms with van der Waals surface area (Å²) in [6.45, 7) is 0.325. The van der Waals surface area contributed by atoms with Crippen molar-refractivity contribution in [2.75, 3.05) is 11.8 Å². The molecular formula is C20H18FN3O3S. The molecule has 0 radical (unpaired) electrons. The van der Waals surface area contributed by atoms with Crippen LogP contribution in [0.1, 0.15) is 15.9 Å². The number of carbonyl (C=O) groups excluding carboxylic acids is 1. The third kappa shape index (κ3) is 4.52. The smallest absolute Gasteiger partial charge is 0.261 e. The average molecular weight is 399 g/mol. The first-order valence-electron chi connectivity index (χ1n) is 8.38. The first kappa shape index (κ1) is 19.5. The lowest BCUT2D eigenvalue weighted by Gasteiger charge is -2.19. The largest absolute Gasteiger partial charge is 0.337 e. The second-order valence-corrected chi connectivity index (χ2v) is 7.81. The van der Waals surface area contributed by atoms with Crippen LogP contribution in [0.4, 0.5) is 10.1 Å². The monoisotopic (exact) mass is 399 g/mol. The van der Waals surface area contributed by atoms with Gasteiger partial charge >= 0.3 is 0 Å². The molecule has 0 fully saturated rings. The maximum absolute atomic E-state index is 13.1. The SMILES string of the molecule is CN(Cc1cccnc1)C(=O)c1ccccc1NS(=O)(=O)c1ccc(F)cc1. The number of hydrogen-bond acceptors (Lipinski definition) is 4. The summed E-state index contributed by atoms with van der Waals surface area (Å²) < 4.78 is 40.6. The van der Waals surface area contributed by atoms with E-state index in [-0.39, 0.29) is 22.1 Å². The van der Waals surface area contributed by atoms with E-state index in [9.17, 15) is 17.6 Å². The van der Waals surface area contributed by atoms with Crippen LogP contribution in [-0.2, 0) is 16.6 Å². The number of nitrogens with one attached hydrogen (secondary N) is 1. The van der Waals surface area contributed by atoms with E-state index in [1.165, 1.54) is 11.0 Å². The Morgan fingerprint density at radius 1 is 1.07 bits per heavy atom. The Labute approximate surface area is 162 Å². The number of carbonyl (C=O) groups is 1. The lowest BCUT2D eigenvalue weighted by atomic mass is 10.1. The number of pyridine rings is 1. The third-order valence-corrected chi connectivity index (χ3v) is 5.40. The summed E-state index contributed by atoms with van der Waals surface area (Å²) in [5.41, 5.74) is 1.21. The van der Waals surface area contributed by atoms with E-state index in [2.05, 4.69) is 9.71 Å². The van der Waals surface area contributed by atoms with Gasteiger partial charge in [0, 0.05) is 26.0 Å². The van der Waals surface area contributed by atoms with Gasteiger partial charge in [-0.25, -0.2) is 12.8 Å². The number of nitrogens with zero attached hydrogens (tertiary/aromatic N) is 2. The van der Waals surface area contributed by atoms with E-state index in [1.54, 1.807) is 43.7 Å². The van der Waals surface area contributed by atoms with E-state index >= 15 is 0 Å². The number of anilines is 1. The molecule has 0 saturated heterocycles. The Balaban J connectivity index is 1.84. The number of amides is 1. The van der Waals surface area contributed by atoms with Gasteiger partial charge in [-0.2, -0.15) is 0 Å². The van der Waals surface area contributed by atoms with Crippen LogP contribution >= 0.6 is 0 Å². The summed E-state index contributed by atoms with van der Waals surface area (Å²) >= 11 is 0. The molecule has 0 saturated carbocycles. The molecule has 0 aliphatic heterocycles. The Hall–Kier alpha value is -3.26. The minimum atomic E-state index is -3.97. The molecule has 1 aromatic heterocycles. The first-order valence-corrected chi connectivity index (χ1v) is 9.87. The number of para-hydroxylation sites is 1. The molecule has 1 amide bonds. The van der Waals surface area contributed by atoms with E-state index < -0.39 is 15.8 Å². The number of benzene rings is 2. The van der Waals surface area contributed by atoms with Crippen LogP contribution in [-0.4, -0.2) is 31.3 Å². The van der Waals surface area contributed by atoms with Crippen molar-refractivity contribution in [1.82, 2.24) is 9.88 Å². The van der Waals surface area contributed by atoms with E-state index in [4.69, 9.17) is 0 Å². The Morgan fingerprint density at radius 3 is 2.46 bits per heavy atom. The predicted octanol–water partition coefficient (Wildman–Crippen LogP) is 3.29. The van der Waals surface area contributed by atoms with Gasteiger partial charge in [0.25, 0.3) is 15.9 Å². The fourth-order valence-electron chi connectivity index (χ4n) is 2.62. The predicted molar refractivity (Wildman–Crippen MR) is 104 cm³/mol. The highest BCUT2D eigenvalue weighted by molar-refractivity contribution is 7.92. The highest BCUT2D eigenvalue weighted by Crippen LogP contribution is 2.22. The Morgan fingerprint density at radius 2 is 1.79 bits per heavy atom. The van der Waals surface area contributed by atoms with Gasteiger partial charge in [-0.15, -0.1) is 0 Å². The molecule has 0 aliphatic rings. The van der Waals surface area contributed by atoms with Crippen molar-refractivity contribution in [2.24, 2.45) is 0 Å². The molecule has 28 heavy (non-hydrogen) atoms. The van der Waals surface area contributed by atoms with Crippen molar-refractivity contribution in [3.05, 3.63) is 90.0 Å². The average Bonchev–Trinajstić information content (AvgIpc) is 2.68. The molecule has 0 bridgehead atoms. The van der Waals surface area contributed by atoms with Crippen molar-refractivity contribution in [3.8, 4) is 0 Å². The second-order valence-electron chi connectivity index (χ2n) is 6.13. The fourth-order valence-corrected chi connectivity index (χ4v) is 3.70. The molecule has 0 aliphatic carbocycles. The number of aromatic nitrogens is 1. The molecule has 0 unspecified atom stereocenters. The van der Waals surface area contributed by atoms with Crippen LogP contribution in [0.3, 0.4) is 0 Å². The van der Waals surface area contributed by atoms with Crippen molar-refractivity contribution in [2.45, 2.75) is 11.4 Å². The number of rotatable bonds is 6. The number of sulfonamides is 1. The highest BCUT2D eigenvalue weighted by atomic mass is 32.2. The van der Waals surface area contributed by atoms with Crippen LogP contribution in [0.15, 0.2) is 78.0 Å². The summed E-state index contributed by atoms with van der Waals surface area (Å²) in [6.07, 6.45) is 3.30. The minimum absolute atomic E-state index is 0.0973. The van der Waals surface area contributed by atoms with Gasteiger partial charge in [-0.1, -0.05) is 18.2 Å². The summed E-state index contributed by atoms with van der Waals surface area (Å²) in [7, 11) is -2.34. The zero-order chi connectivity index (χ0) is 20.1. The van der Waals surface area contributed by atoms with Gasteiger partial charge in [0.15, 0.2) is 0 Å². The van der Waals surface area contributed by atoms with Gasteiger partial charge in [0.2, 0.25) is 0 Å². The zero-order valence-corrected chi connectivity index (χ0v) is 15.9. The van der Waals surface area contributed by atoms with Crippen LogP contribution in [0, 0.1) is 5.82 Å². The molecule has 8 heteroatoms. The van der Waals surface area contributed by atoms with Crippen molar-refractivity contribution in [1.29, 1.82) is 0 Å². The van der Waals surface area contributed by atoms with E-state index in [0.29, 0.717) is 6.54 Å².